The Morgan fingerprint density at radius 2 is 1.94 bits per heavy atom. The highest BCUT2D eigenvalue weighted by molar-refractivity contribution is 5.94. The molecule has 3 aromatic rings. The first-order chi connectivity index (χ1) is 15.9. The van der Waals surface area contributed by atoms with E-state index in [2.05, 4.69) is 20.3 Å². The minimum absolute atomic E-state index is 0.110. The van der Waals surface area contributed by atoms with Crippen molar-refractivity contribution in [1.82, 2.24) is 15.0 Å². The molecule has 8 nitrogen and oxygen atoms in total. The highest BCUT2D eigenvalue weighted by Gasteiger charge is 2.34. The maximum Gasteiger partial charge on any atom is 0.416 e. The number of amides is 1. The number of carbonyl (C=O) groups is 1. The van der Waals surface area contributed by atoms with E-state index in [-0.39, 0.29) is 31.1 Å². The van der Waals surface area contributed by atoms with E-state index in [1.165, 1.54) is 17.2 Å². The third-order valence-electron chi connectivity index (χ3n) is 5.62. The van der Waals surface area contributed by atoms with Crippen molar-refractivity contribution < 1.29 is 27.4 Å². The molecule has 5 rings (SSSR count). The lowest BCUT2D eigenvalue weighted by Gasteiger charge is -2.25. The summed E-state index contributed by atoms with van der Waals surface area (Å²) in [5, 5.41) is 3.71. The van der Waals surface area contributed by atoms with Crippen LogP contribution in [0.5, 0.6) is 6.01 Å². The van der Waals surface area contributed by atoms with Crippen molar-refractivity contribution in [2.24, 2.45) is 0 Å². The van der Waals surface area contributed by atoms with Crippen LogP contribution in [-0.2, 0) is 23.9 Å². The Morgan fingerprint density at radius 3 is 2.76 bits per heavy atom. The zero-order chi connectivity index (χ0) is 23.0. The van der Waals surface area contributed by atoms with Crippen molar-refractivity contribution in [3.8, 4) is 6.01 Å². The summed E-state index contributed by atoms with van der Waals surface area (Å²) >= 11 is 0. The third-order valence-corrected chi connectivity index (χ3v) is 5.62. The third kappa shape index (κ3) is 4.22. The van der Waals surface area contributed by atoms with Crippen LogP contribution in [0.25, 0.3) is 10.9 Å². The molecule has 0 saturated carbocycles. The predicted molar refractivity (Wildman–Crippen MR) is 113 cm³/mol. The van der Waals surface area contributed by atoms with E-state index in [1.54, 1.807) is 12.1 Å². The molecule has 1 fully saturated rings. The topological polar surface area (TPSA) is 89.5 Å². The molecule has 1 N–H and O–H groups in total. The number of hydrogen-bond donors (Lipinski definition) is 1. The van der Waals surface area contributed by atoms with Gasteiger partial charge in [0.15, 0.2) is 0 Å². The van der Waals surface area contributed by atoms with E-state index in [0.29, 0.717) is 54.1 Å². The van der Waals surface area contributed by atoms with Gasteiger partial charge in [0.05, 0.1) is 30.5 Å². The van der Waals surface area contributed by atoms with Gasteiger partial charge in [-0.15, -0.1) is 0 Å². The van der Waals surface area contributed by atoms with E-state index in [4.69, 9.17) is 9.47 Å². The molecule has 0 unspecified atom stereocenters. The van der Waals surface area contributed by atoms with Crippen LogP contribution in [0, 0.1) is 0 Å². The quantitative estimate of drug-likeness (QED) is 0.580. The molecule has 2 aliphatic rings. The van der Waals surface area contributed by atoms with E-state index in [1.807, 2.05) is 0 Å². The molecule has 2 aliphatic heterocycles. The van der Waals surface area contributed by atoms with Crippen LogP contribution in [-0.4, -0.2) is 40.8 Å². The molecule has 172 valence electrons. The minimum atomic E-state index is -4.44. The molecular formula is C22H20F3N5O3. The number of alkyl halides is 3. The Labute approximate surface area is 186 Å². The molecule has 0 spiro atoms. The minimum Gasteiger partial charge on any atom is -0.463 e. The lowest BCUT2D eigenvalue weighted by molar-refractivity contribution is -0.138. The summed E-state index contributed by atoms with van der Waals surface area (Å²) in [4.78, 5) is 26.7. The Morgan fingerprint density at radius 1 is 1.09 bits per heavy atom. The number of anilines is 2. The van der Waals surface area contributed by atoms with Gasteiger partial charge in [0.25, 0.3) is 0 Å². The second-order valence-corrected chi connectivity index (χ2v) is 7.78. The molecule has 33 heavy (non-hydrogen) atoms. The van der Waals surface area contributed by atoms with Crippen molar-refractivity contribution >= 4 is 28.6 Å². The molecule has 1 aromatic carbocycles. The van der Waals surface area contributed by atoms with Crippen molar-refractivity contribution in [3.05, 3.63) is 47.2 Å². The second kappa shape index (κ2) is 8.38. The summed E-state index contributed by atoms with van der Waals surface area (Å²) in [5.41, 5.74) is 0.625. The van der Waals surface area contributed by atoms with Gasteiger partial charge in [-0.2, -0.15) is 23.1 Å². The van der Waals surface area contributed by atoms with Gasteiger partial charge >= 0.3 is 18.3 Å². The first-order valence-electron chi connectivity index (χ1n) is 10.6. The predicted octanol–water partition coefficient (Wildman–Crippen LogP) is 4.33. The second-order valence-electron chi connectivity index (χ2n) is 7.78. The number of rotatable bonds is 1. The van der Waals surface area contributed by atoms with Crippen molar-refractivity contribution in [3.63, 3.8) is 0 Å². The maximum absolute atomic E-state index is 13.6. The summed E-state index contributed by atoms with van der Waals surface area (Å²) in [6, 6.07) is 5.97. The van der Waals surface area contributed by atoms with Crippen LogP contribution in [0.3, 0.4) is 0 Å². The molecule has 4 heterocycles. The summed E-state index contributed by atoms with van der Waals surface area (Å²) in [6.07, 6.45) is -2.14. The number of cyclic esters (lactones) is 1. The zero-order valence-corrected chi connectivity index (χ0v) is 17.5. The molecule has 0 atom stereocenters. The van der Waals surface area contributed by atoms with E-state index < -0.39 is 17.8 Å². The molecule has 11 heteroatoms. The van der Waals surface area contributed by atoms with Gasteiger partial charge in [0, 0.05) is 18.5 Å². The highest BCUT2D eigenvalue weighted by atomic mass is 19.4. The van der Waals surface area contributed by atoms with Crippen LogP contribution in [0.2, 0.25) is 0 Å². The van der Waals surface area contributed by atoms with Gasteiger partial charge in [-0.3, -0.25) is 4.90 Å². The average molecular weight is 459 g/mol. The SMILES string of the molecule is O=C1OCCCN1c1cc2c3nc(nc2cn1)OCCCc1c(cccc1C(F)(F)F)CN3. The van der Waals surface area contributed by atoms with E-state index >= 15 is 0 Å². The van der Waals surface area contributed by atoms with Crippen LogP contribution in [0.15, 0.2) is 30.5 Å². The molecule has 2 aromatic heterocycles. The Hall–Kier alpha value is -3.63. The average Bonchev–Trinajstić information content (AvgIpc) is 2.82. The van der Waals surface area contributed by atoms with Gasteiger partial charge < -0.3 is 14.8 Å². The summed E-state index contributed by atoms with van der Waals surface area (Å²) in [6.45, 7) is 1.13. The number of pyridine rings is 1. The number of benzene rings is 1. The van der Waals surface area contributed by atoms with Gasteiger partial charge in [-0.05, 0) is 42.5 Å². The Bertz CT molecular complexity index is 1220. The molecule has 0 radical (unpaired) electrons. The largest absolute Gasteiger partial charge is 0.463 e. The fourth-order valence-electron chi connectivity index (χ4n) is 4.06. The molecular weight excluding hydrogens is 439 g/mol. The smallest absolute Gasteiger partial charge is 0.416 e. The zero-order valence-electron chi connectivity index (χ0n) is 17.5. The van der Waals surface area contributed by atoms with Crippen LogP contribution >= 0.6 is 0 Å². The van der Waals surface area contributed by atoms with Crippen molar-refractivity contribution in [2.75, 3.05) is 30.0 Å². The summed E-state index contributed by atoms with van der Waals surface area (Å²) in [5.74, 6) is 0.769. The number of fused-ring (bicyclic) bond motifs is 5. The van der Waals surface area contributed by atoms with E-state index in [9.17, 15) is 18.0 Å². The first-order valence-corrected chi connectivity index (χ1v) is 10.6. The molecule has 2 bridgehead atoms. The fraction of sp³-hybridized carbons (Fsp3) is 0.364. The standard InChI is InChI=1S/C22H20F3N5O3/c23-22(24,25)16-6-1-4-13-11-27-19-15-10-18(30-7-3-9-33-21(30)31)26-12-17(15)28-20(29-19)32-8-2-5-14(13)16/h1,4,6,10,12H,2-3,5,7-9,11H2,(H,27,28,29). The van der Waals surface area contributed by atoms with Gasteiger partial charge in [-0.25, -0.2) is 9.78 Å². The molecule has 0 aliphatic carbocycles. The Kier molecular flexibility index (Phi) is 5.39. The lowest BCUT2D eigenvalue weighted by Crippen LogP contribution is -2.38. The number of halogens is 3. The summed E-state index contributed by atoms with van der Waals surface area (Å²) < 4.78 is 51.5. The van der Waals surface area contributed by atoms with Gasteiger partial charge in [0.2, 0.25) is 0 Å². The number of hydrogen-bond acceptors (Lipinski definition) is 7. The lowest BCUT2D eigenvalue weighted by atomic mass is 9.96. The monoisotopic (exact) mass is 459 g/mol. The molecule has 1 saturated heterocycles. The number of aromatic nitrogens is 3. The highest BCUT2D eigenvalue weighted by Crippen LogP contribution is 2.35. The number of carbonyl (C=O) groups excluding carboxylic acids is 1. The van der Waals surface area contributed by atoms with Crippen molar-refractivity contribution in [2.45, 2.75) is 32.0 Å². The molecule has 1 amide bonds. The maximum atomic E-state index is 13.6. The number of ether oxygens (including phenoxy) is 2. The van der Waals surface area contributed by atoms with Gasteiger partial charge in [0.1, 0.15) is 11.6 Å². The van der Waals surface area contributed by atoms with Crippen LogP contribution in [0.4, 0.5) is 29.6 Å². The number of nitrogens with one attached hydrogen (secondary N) is 1. The van der Waals surface area contributed by atoms with Crippen LogP contribution in [0.1, 0.15) is 29.5 Å². The summed E-state index contributed by atoms with van der Waals surface area (Å²) in [7, 11) is 0. The van der Waals surface area contributed by atoms with Crippen molar-refractivity contribution in [1.29, 1.82) is 0 Å². The number of nitrogens with zero attached hydrogens (tertiary/aromatic N) is 4. The van der Waals surface area contributed by atoms with Crippen LogP contribution < -0.4 is 15.0 Å². The fourth-order valence-corrected chi connectivity index (χ4v) is 4.06. The normalized spacial score (nSPS) is 16.8. The van der Waals surface area contributed by atoms with Gasteiger partial charge in [-0.1, -0.05) is 12.1 Å². The van der Waals surface area contributed by atoms with E-state index in [0.717, 1.165) is 6.07 Å². The first kappa shape index (κ1) is 21.2. The Balaban J connectivity index is 1.55.